The van der Waals surface area contributed by atoms with E-state index >= 15 is 0 Å². The van der Waals surface area contributed by atoms with Crippen LogP contribution in [-0.2, 0) is 17.9 Å². The van der Waals surface area contributed by atoms with Crippen LogP contribution in [0.3, 0.4) is 0 Å². The molecule has 0 aliphatic rings. The van der Waals surface area contributed by atoms with E-state index in [4.69, 9.17) is 33.0 Å². The van der Waals surface area contributed by atoms with Crippen LogP contribution in [0.1, 0.15) is 16.1 Å². The summed E-state index contributed by atoms with van der Waals surface area (Å²) in [4.78, 5) is 24.9. The van der Waals surface area contributed by atoms with Gasteiger partial charge in [0, 0.05) is 5.39 Å². The van der Waals surface area contributed by atoms with Gasteiger partial charge in [0.15, 0.2) is 5.69 Å². The number of rotatable bonds is 5. The van der Waals surface area contributed by atoms with Crippen LogP contribution in [0, 0.1) is 0 Å². The van der Waals surface area contributed by atoms with Crippen molar-refractivity contribution in [1.29, 1.82) is 0 Å². The van der Waals surface area contributed by atoms with Crippen molar-refractivity contribution in [1.82, 2.24) is 9.78 Å². The van der Waals surface area contributed by atoms with E-state index < -0.39 is 5.97 Å². The Morgan fingerprint density at radius 2 is 1.85 bits per heavy atom. The second-order valence-corrected chi connectivity index (χ2v) is 6.29. The van der Waals surface area contributed by atoms with E-state index in [1.54, 1.807) is 42.5 Å². The fourth-order valence-electron chi connectivity index (χ4n) is 2.48. The molecule has 2 aromatic carbocycles. The van der Waals surface area contributed by atoms with Gasteiger partial charge in [-0.15, -0.1) is 0 Å². The molecule has 0 unspecified atom stereocenters. The van der Waals surface area contributed by atoms with Crippen molar-refractivity contribution in [2.45, 2.75) is 13.2 Å². The molecule has 3 rings (SSSR count). The minimum atomic E-state index is -0.682. The third-order valence-corrected chi connectivity index (χ3v) is 4.47. The number of benzene rings is 2. The number of carbonyl (C=O) groups is 1. The quantitative estimate of drug-likeness (QED) is 0.674. The number of nitrogens with zero attached hydrogens (tertiary/aromatic N) is 2. The Hall–Kier alpha value is -2.41. The molecule has 0 bridgehead atoms. The number of esters is 1. The molecule has 3 aromatic rings. The van der Waals surface area contributed by atoms with Crippen molar-refractivity contribution < 1.29 is 14.6 Å². The normalized spacial score (nSPS) is 10.9. The molecule has 0 radical (unpaired) electrons. The lowest BCUT2D eigenvalue weighted by atomic mass is 10.1. The molecule has 0 saturated carbocycles. The first-order chi connectivity index (χ1) is 12.5. The van der Waals surface area contributed by atoms with Crippen LogP contribution in [0.15, 0.2) is 47.3 Å². The van der Waals surface area contributed by atoms with Gasteiger partial charge in [0.05, 0.1) is 28.6 Å². The van der Waals surface area contributed by atoms with Gasteiger partial charge in [-0.3, -0.25) is 4.79 Å². The average Bonchev–Trinajstić information content (AvgIpc) is 2.65. The molecule has 0 atom stereocenters. The lowest BCUT2D eigenvalue weighted by molar-refractivity contribution is 0.0465. The number of aliphatic hydroxyl groups excluding tert-OH is 1. The molecule has 0 aliphatic carbocycles. The van der Waals surface area contributed by atoms with E-state index in [2.05, 4.69) is 5.10 Å². The van der Waals surface area contributed by atoms with Gasteiger partial charge in [0.1, 0.15) is 6.61 Å². The third kappa shape index (κ3) is 3.72. The SMILES string of the molecule is O=C(OCc1ccc(Cl)c(Cl)c1)c1nn(CCO)c(=O)c2ccccc12. The summed E-state index contributed by atoms with van der Waals surface area (Å²) in [6, 6.07) is 11.5. The van der Waals surface area contributed by atoms with Crippen molar-refractivity contribution in [3.63, 3.8) is 0 Å². The topological polar surface area (TPSA) is 81.4 Å². The number of aromatic nitrogens is 2. The summed E-state index contributed by atoms with van der Waals surface area (Å²) in [6.45, 7) is -0.315. The van der Waals surface area contributed by atoms with E-state index in [9.17, 15) is 9.59 Å². The summed E-state index contributed by atoms with van der Waals surface area (Å²) in [5.41, 5.74) is 0.296. The van der Waals surface area contributed by atoms with E-state index in [0.717, 1.165) is 4.68 Å². The minimum Gasteiger partial charge on any atom is -0.456 e. The molecule has 1 aromatic heterocycles. The molecule has 1 N–H and O–H groups in total. The van der Waals surface area contributed by atoms with Crippen LogP contribution in [0.5, 0.6) is 0 Å². The largest absolute Gasteiger partial charge is 0.456 e. The minimum absolute atomic E-state index is 0.00807. The zero-order valence-electron chi connectivity index (χ0n) is 13.5. The van der Waals surface area contributed by atoms with E-state index in [1.165, 1.54) is 0 Å². The van der Waals surface area contributed by atoms with E-state index in [1.807, 2.05) is 0 Å². The highest BCUT2D eigenvalue weighted by Crippen LogP contribution is 2.23. The molecule has 1 heterocycles. The van der Waals surface area contributed by atoms with Gasteiger partial charge < -0.3 is 9.84 Å². The van der Waals surface area contributed by atoms with Crippen LogP contribution >= 0.6 is 23.2 Å². The maximum Gasteiger partial charge on any atom is 0.359 e. The third-order valence-electron chi connectivity index (χ3n) is 3.73. The van der Waals surface area contributed by atoms with Crippen LogP contribution in [0.2, 0.25) is 10.0 Å². The Balaban J connectivity index is 1.93. The Morgan fingerprint density at radius 3 is 2.54 bits per heavy atom. The van der Waals surface area contributed by atoms with Crippen LogP contribution in [0.4, 0.5) is 0 Å². The molecule has 0 fully saturated rings. The molecule has 0 saturated heterocycles. The average molecular weight is 393 g/mol. The Morgan fingerprint density at radius 1 is 1.12 bits per heavy atom. The molecule has 8 heteroatoms. The van der Waals surface area contributed by atoms with Gasteiger partial charge in [0.2, 0.25) is 0 Å². The van der Waals surface area contributed by atoms with Crippen molar-refractivity contribution in [2.75, 3.05) is 6.61 Å². The van der Waals surface area contributed by atoms with Gasteiger partial charge in [-0.2, -0.15) is 5.10 Å². The number of aliphatic hydroxyl groups is 1. The number of halogens is 2. The number of fused-ring (bicyclic) bond motifs is 1. The summed E-state index contributed by atoms with van der Waals surface area (Å²) in [6.07, 6.45) is 0. The van der Waals surface area contributed by atoms with Crippen molar-refractivity contribution in [2.24, 2.45) is 0 Å². The number of ether oxygens (including phenoxy) is 1. The molecule has 0 spiro atoms. The first-order valence-electron chi connectivity index (χ1n) is 7.73. The molecular formula is C18H14Cl2N2O4. The predicted molar refractivity (Wildman–Crippen MR) is 98.7 cm³/mol. The molecule has 0 amide bonds. The second kappa shape index (κ2) is 7.86. The first kappa shape index (κ1) is 18.4. The Labute approximate surface area is 158 Å². The van der Waals surface area contributed by atoms with Crippen LogP contribution < -0.4 is 5.56 Å². The lowest BCUT2D eigenvalue weighted by Crippen LogP contribution is -2.27. The van der Waals surface area contributed by atoms with Crippen molar-refractivity contribution >= 4 is 39.9 Å². The number of hydrogen-bond donors (Lipinski definition) is 1. The van der Waals surface area contributed by atoms with Crippen LogP contribution in [0.25, 0.3) is 10.8 Å². The fraction of sp³-hybridized carbons (Fsp3) is 0.167. The maximum absolute atomic E-state index is 12.5. The van der Waals surface area contributed by atoms with Gasteiger partial charge in [-0.1, -0.05) is 47.5 Å². The highest BCUT2D eigenvalue weighted by atomic mass is 35.5. The van der Waals surface area contributed by atoms with E-state index in [0.29, 0.717) is 26.4 Å². The summed E-state index contributed by atoms with van der Waals surface area (Å²) >= 11 is 11.8. The number of carbonyl (C=O) groups excluding carboxylic acids is 1. The molecular weight excluding hydrogens is 379 g/mol. The smallest absolute Gasteiger partial charge is 0.359 e. The fourth-order valence-corrected chi connectivity index (χ4v) is 2.80. The summed E-state index contributed by atoms with van der Waals surface area (Å²) in [5, 5.41) is 14.7. The predicted octanol–water partition coefficient (Wildman–Crippen LogP) is 3.05. The van der Waals surface area contributed by atoms with Crippen molar-refractivity contribution in [3.8, 4) is 0 Å². The van der Waals surface area contributed by atoms with Gasteiger partial charge in [-0.25, -0.2) is 9.48 Å². The molecule has 26 heavy (non-hydrogen) atoms. The second-order valence-electron chi connectivity index (χ2n) is 5.47. The highest BCUT2D eigenvalue weighted by Gasteiger charge is 2.18. The molecule has 6 nitrogen and oxygen atoms in total. The van der Waals surface area contributed by atoms with Crippen molar-refractivity contribution in [3.05, 3.63) is 74.1 Å². The zero-order valence-corrected chi connectivity index (χ0v) is 15.0. The number of hydrogen-bond acceptors (Lipinski definition) is 5. The lowest BCUT2D eigenvalue weighted by Gasteiger charge is -2.10. The van der Waals surface area contributed by atoms with Gasteiger partial charge in [-0.05, 0) is 23.8 Å². The molecule has 0 aliphatic heterocycles. The maximum atomic E-state index is 12.5. The summed E-state index contributed by atoms with van der Waals surface area (Å²) in [7, 11) is 0. The Kier molecular flexibility index (Phi) is 5.56. The highest BCUT2D eigenvalue weighted by molar-refractivity contribution is 6.42. The molecule has 134 valence electrons. The monoisotopic (exact) mass is 392 g/mol. The van der Waals surface area contributed by atoms with Crippen LogP contribution in [-0.4, -0.2) is 27.5 Å². The Bertz CT molecular complexity index is 1030. The summed E-state index contributed by atoms with van der Waals surface area (Å²) in [5.74, 6) is -0.682. The zero-order chi connectivity index (χ0) is 18.7. The standard InChI is InChI=1S/C18H14Cl2N2O4/c19-14-6-5-11(9-15(14)20)10-26-18(25)16-12-3-1-2-4-13(12)17(24)22(21-16)7-8-23/h1-6,9,23H,7-8,10H2. The van der Waals surface area contributed by atoms with Gasteiger partial charge >= 0.3 is 5.97 Å². The summed E-state index contributed by atoms with van der Waals surface area (Å²) < 4.78 is 6.36. The van der Waals surface area contributed by atoms with Gasteiger partial charge in [0.25, 0.3) is 5.56 Å². The van der Waals surface area contributed by atoms with E-state index in [-0.39, 0.29) is 31.0 Å². The first-order valence-corrected chi connectivity index (χ1v) is 8.48.